The number of aromatic nitrogens is 2. The summed E-state index contributed by atoms with van der Waals surface area (Å²) in [6, 6.07) is 18.2. The van der Waals surface area contributed by atoms with Gasteiger partial charge >= 0.3 is 0 Å². The zero-order valence-corrected chi connectivity index (χ0v) is 16.3. The molecule has 0 spiro atoms. The van der Waals surface area contributed by atoms with E-state index in [9.17, 15) is 4.79 Å². The molecule has 0 radical (unpaired) electrons. The predicted molar refractivity (Wildman–Crippen MR) is 107 cm³/mol. The van der Waals surface area contributed by atoms with Crippen LogP contribution in [-0.2, 0) is 17.8 Å². The van der Waals surface area contributed by atoms with Crippen molar-refractivity contribution in [2.24, 2.45) is 0 Å². The molecule has 0 fully saturated rings. The highest BCUT2D eigenvalue weighted by Gasteiger charge is 2.13. The van der Waals surface area contributed by atoms with Gasteiger partial charge in [0, 0.05) is 13.0 Å². The van der Waals surface area contributed by atoms with E-state index < -0.39 is 0 Å². The highest BCUT2D eigenvalue weighted by Crippen LogP contribution is 2.22. The Morgan fingerprint density at radius 3 is 2.63 bits per heavy atom. The molecule has 0 bridgehead atoms. The van der Waals surface area contributed by atoms with Crippen LogP contribution in [0.25, 0.3) is 0 Å². The Morgan fingerprint density at radius 2 is 1.85 bits per heavy atom. The number of benzene rings is 2. The zero-order chi connectivity index (χ0) is 19.1. The lowest BCUT2D eigenvalue weighted by Gasteiger charge is -2.08. The maximum atomic E-state index is 12.0. The summed E-state index contributed by atoms with van der Waals surface area (Å²) in [5.41, 5.74) is 3.52. The Kier molecular flexibility index (Phi) is 6.65. The SMILES string of the molecule is Cc1ccccc1CNC(=O)CSc1nnc(CC(C)c2ccccc2)o1. The van der Waals surface area contributed by atoms with Crippen LogP contribution >= 0.6 is 11.8 Å². The molecule has 27 heavy (non-hydrogen) atoms. The van der Waals surface area contributed by atoms with Crippen LogP contribution in [-0.4, -0.2) is 21.9 Å². The van der Waals surface area contributed by atoms with Crippen molar-refractivity contribution < 1.29 is 9.21 Å². The van der Waals surface area contributed by atoms with E-state index in [0.29, 0.717) is 30.0 Å². The Bertz CT molecular complexity index is 880. The van der Waals surface area contributed by atoms with Gasteiger partial charge in [-0.05, 0) is 29.5 Å². The fraction of sp³-hybridized carbons (Fsp3) is 0.286. The number of thioether (sulfide) groups is 1. The van der Waals surface area contributed by atoms with Crippen LogP contribution in [0.5, 0.6) is 0 Å². The smallest absolute Gasteiger partial charge is 0.277 e. The third-order valence-electron chi connectivity index (χ3n) is 4.36. The van der Waals surface area contributed by atoms with Gasteiger partial charge in [-0.1, -0.05) is 73.3 Å². The molecule has 5 nitrogen and oxygen atoms in total. The van der Waals surface area contributed by atoms with Gasteiger partial charge in [0.2, 0.25) is 11.8 Å². The van der Waals surface area contributed by atoms with E-state index in [1.807, 2.05) is 49.4 Å². The molecule has 1 aromatic heterocycles. The van der Waals surface area contributed by atoms with Gasteiger partial charge in [0.05, 0.1) is 5.75 Å². The molecule has 1 N–H and O–H groups in total. The highest BCUT2D eigenvalue weighted by atomic mass is 32.2. The second kappa shape index (κ2) is 9.37. The van der Waals surface area contributed by atoms with Crippen molar-refractivity contribution in [1.29, 1.82) is 0 Å². The van der Waals surface area contributed by atoms with Crippen molar-refractivity contribution >= 4 is 17.7 Å². The largest absolute Gasteiger partial charge is 0.416 e. The van der Waals surface area contributed by atoms with Gasteiger partial charge in [-0.3, -0.25) is 4.79 Å². The van der Waals surface area contributed by atoms with Gasteiger partial charge in [0.1, 0.15) is 0 Å². The first-order valence-electron chi connectivity index (χ1n) is 8.93. The van der Waals surface area contributed by atoms with Crippen LogP contribution in [0.1, 0.15) is 35.4 Å². The summed E-state index contributed by atoms with van der Waals surface area (Å²) in [7, 11) is 0. The number of amides is 1. The first-order chi connectivity index (χ1) is 13.1. The van der Waals surface area contributed by atoms with Gasteiger partial charge in [0.25, 0.3) is 5.22 Å². The number of hydrogen-bond donors (Lipinski definition) is 1. The second-order valence-corrected chi connectivity index (χ2v) is 7.40. The minimum atomic E-state index is -0.0549. The van der Waals surface area contributed by atoms with E-state index in [2.05, 4.69) is 34.6 Å². The lowest BCUT2D eigenvalue weighted by atomic mass is 9.98. The third kappa shape index (κ3) is 5.69. The molecule has 140 valence electrons. The van der Waals surface area contributed by atoms with Crippen LogP contribution in [0, 0.1) is 6.92 Å². The number of nitrogens with one attached hydrogen (secondary N) is 1. The Labute approximate surface area is 163 Å². The molecule has 0 saturated heterocycles. The van der Waals surface area contributed by atoms with E-state index in [1.165, 1.54) is 22.9 Å². The molecule has 3 rings (SSSR count). The van der Waals surface area contributed by atoms with Gasteiger partial charge < -0.3 is 9.73 Å². The number of carbonyl (C=O) groups is 1. The van der Waals surface area contributed by atoms with Gasteiger partial charge in [0.15, 0.2) is 0 Å². The molecule has 1 unspecified atom stereocenters. The van der Waals surface area contributed by atoms with Crippen LogP contribution in [0.4, 0.5) is 0 Å². The molecule has 6 heteroatoms. The summed E-state index contributed by atoms with van der Waals surface area (Å²) in [6.07, 6.45) is 0.678. The Balaban J connectivity index is 1.45. The minimum absolute atomic E-state index is 0.0549. The van der Waals surface area contributed by atoms with Crippen LogP contribution in [0.3, 0.4) is 0 Å². The summed E-state index contributed by atoms with van der Waals surface area (Å²) >= 11 is 1.26. The average Bonchev–Trinajstić information content (AvgIpc) is 3.13. The van der Waals surface area contributed by atoms with Crippen LogP contribution < -0.4 is 5.32 Å². The van der Waals surface area contributed by atoms with E-state index >= 15 is 0 Å². The quantitative estimate of drug-likeness (QED) is 0.594. The Morgan fingerprint density at radius 1 is 1.11 bits per heavy atom. The molecule has 0 aliphatic rings. The predicted octanol–water partition coefficient (Wildman–Crippen LogP) is 4.13. The molecular formula is C21H23N3O2S. The molecule has 0 aliphatic heterocycles. The normalized spacial score (nSPS) is 11.9. The molecule has 1 heterocycles. The van der Waals surface area contributed by atoms with E-state index in [4.69, 9.17) is 4.42 Å². The molecule has 1 atom stereocenters. The van der Waals surface area contributed by atoms with Crippen molar-refractivity contribution in [3.8, 4) is 0 Å². The van der Waals surface area contributed by atoms with E-state index in [0.717, 1.165) is 5.56 Å². The highest BCUT2D eigenvalue weighted by molar-refractivity contribution is 7.99. The molecule has 3 aromatic rings. The van der Waals surface area contributed by atoms with Crippen molar-refractivity contribution in [3.05, 3.63) is 77.2 Å². The van der Waals surface area contributed by atoms with Crippen molar-refractivity contribution in [1.82, 2.24) is 15.5 Å². The van der Waals surface area contributed by atoms with Crippen molar-refractivity contribution in [2.75, 3.05) is 5.75 Å². The summed E-state index contributed by atoms with van der Waals surface area (Å²) in [5, 5.41) is 11.5. The van der Waals surface area contributed by atoms with Crippen LogP contribution in [0.2, 0.25) is 0 Å². The van der Waals surface area contributed by atoms with Crippen molar-refractivity contribution in [2.45, 2.75) is 38.0 Å². The van der Waals surface area contributed by atoms with E-state index in [-0.39, 0.29) is 11.7 Å². The topological polar surface area (TPSA) is 68.0 Å². The van der Waals surface area contributed by atoms with Gasteiger partial charge in [-0.2, -0.15) is 0 Å². The maximum Gasteiger partial charge on any atom is 0.277 e. The van der Waals surface area contributed by atoms with Gasteiger partial charge in [-0.25, -0.2) is 0 Å². The number of nitrogens with zero attached hydrogens (tertiary/aromatic N) is 2. The molecule has 2 aromatic carbocycles. The molecule has 0 aliphatic carbocycles. The Hall–Kier alpha value is -2.60. The average molecular weight is 382 g/mol. The lowest BCUT2D eigenvalue weighted by molar-refractivity contribution is -0.118. The van der Waals surface area contributed by atoms with Crippen LogP contribution in [0.15, 0.2) is 64.2 Å². The summed E-state index contributed by atoms with van der Waals surface area (Å²) in [5.74, 6) is 1.08. The standard InChI is InChI=1S/C21H23N3O2S/c1-15-8-6-7-11-18(15)13-22-19(25)14-27-21-24-23-20(26-21)12-16(2)17-9-4-3-5-10-17/h3-11,16H,12-14H2,1-2H3,(H,22,25). The van der Waals surface area contributed by atoms with Crippen molar-refractivity contribution in [3.63, 3.8) is 0 Å². The molecule has 1 amide bonds. The summed E-state index contributed by atoms with van der Waals surface area (Å²) in [4.78, 5) is 12.0. The first-order valence-corrected chi connectivity index (χ1v) is 9.91. The van der Waals surface area contributed by atoms with E-state index in [1.54, 1.807) is 0 Å². The second-order valence-electron chi connectivity index (χ2n) is 6.47. The molecule has 0 saturated carbocycles. The lowest BCUT2D eigenvalue weighted by Crippen LogP contribution is -2.24. The fourth-order valence-electron chi connectivity index (χ4n) is 2.72. The first kappa shape index (κ1) is 19.2. The number of hydrogen-bond acceptors (Lipinski definition) is 5. The minimum Gasteiger partial charge on any atom is -0.416 e. The monoisotopic (exact) mass is 381 g/mol. The van der Waals surface area contributed by atoms with Gasteiger partial charge in [-0.15, -0.1) is 10.2 Å². The molecular weight excluding hydrogens is 358 g/mol. The number of rotatable bonds is 8. The number of aryl methyl sites for hydroxylation is 1. The third-order valence-corrected chi connectivity index (χ3v) is 5.18. The fourth-order valence-corrected chi connectivity index (χ4v) is 3.33. The number of carbonyl (C=O) groups excluding carboxylic acids is 1. The summed E-state index contributed by atoms with van der Waals surface area (Å²) < 4.78 is 5.67. The maximum absolute atomic E-state index is 12.0. The summed E-state index contributed by atoms with van der Waals surface area (Å²) in [6.45, 7) is 4.69. The zero-order valence-electron chi connectivity index (χ0n) is 15.5.